The molecular formula is C48H30O. The molecule has 1 heteroatoms. The standard InChI is InChI=1S/C48H30O/c1-3-13-31(14-4-1)36-26-24-34(29-44(36)32-15-5-2-6-16-32)46-39-19-9-11-21-41(39)47(42-22-12-10-20-40(42)46)35-25-27-38-43-28-23-33-17-7-8-18-37(33)48(43)49-45(38)30-35/h1-30H/i1D,3D,4D,13D,14D. The molecule has 10 rings (SSSR count). The first-order valence-corrected chi connectivity index (χ1v) is 16.4. The lowest BCUT2D eigenvalue weighted by molar-refractivity contribution is 0.673. The van der Waals surface area contributed by atoms with Crippen molar-refractivity contribution in [2.75, 3.05) is 0 Å². The van der Waals surface area contributed by atoms with E-state index >= 15 is 0 Å². The van der Waals surface area contributed by atoms with Crippen molar-refractivity contribution in [1.82, 2.24) is 0 Å². The molecule has 49 heavy (non-hydrogen) atoms. The molecule has 10 aromatic rings. The second-order valence-corrected chi connectivity index (χ2v) is 12.4. The summed E-state index contributed by atoms with van der Waals surface area (Å²) in [5.74, 6) is 0. The van der Waals surface area contributed by atoms with Crippen LogP contribution in [0.1, 0.15) is 6.85 Å². The monoisotopic (exact) mass is 627 g/mol. The van der Waals surface area contributed by atoms with Crippen LogP contribution in [-0.2, 0) is 0 Å². The van der Waals surface area contributed by atoms with Crippen molar-refractivity contribution in [2.24, 2.45) is 0 Å². The summed E-state index contributed by atoms with van der Waals surface area (Å²) in [5, 5.41) is 8.78. The van der Waals surface area contributed by atoms with Crippen LogP contribution in [0.15, 0.2) is 186 Å². The summed E-state index contributed by atoms with van der Waals surface area (Å²) in [6, 6.07) is 50.4. The molecule has 0 spiro atoms. The third-order valence-corrected chi connectivity index (χ3v) is 9.75. The third kappa shape index (κ3) is 4.40. The maximum Gasteiger partial charge on any atom is 0.143 e. The van der Waals surface area contributed by atoms with Gasteiger partial charge in [0.1, 0.15) is 11.2 Å². The van der Waals surface area contributed by atoms with Crippen molar-refractivity contribution < 1.29 is 11.3 Å². The van der Waals surface area contributed by atoms with Gasteiger partial charge in [0.05, 0.1) is 6.85 Å². The Morgan fingerprint density at radius 1 is 0.367 bits per heavy atom. The minimum Gasteiger partial charge on any atom is -0.455 e. The van der Waals surface area contributed by atoms with E-state index in [9.17, 15) is 0 Å². The molecule has 1 heterocycles. The van der Waals surface area contributed by atoms with Gasteiger partial charge in [-0.3, -0.25) is 0 Å². The predicted molar refractivity (Wildman–Crippen MR) is 208 cm³/mol. The van der Waals surface area contributed by atoms with E-state index in [4.69, 9.17) is 11.3 Å². The highest BCUT2D eigenvalue weighted by Gasteiger charge is 2.19. The molecule has 9 aromatic carbocycles. The summed E-state index contributed by atoms with van der Waals surface area (Å²) in [6.45, 7) is 0. The van der Waals surface area contributed by atoms with Crippen LogP contribution in [-0.4, -0.2) is 0 Å². The van der Waals surface area contributed by atoms with E-state index in [2.05, 4.69) is 97.1 Å². The molecule has 228 valence electrons. The smallest absolute Gasteiger partial charge is 0.143 e. The Kier molecular flexibility index (Phi) is 5.20. The fourth-order valence-corrected chi connectivity index (χ4v) is 7.57. The van der Waals surface area contributed by atoms with Crippen molar-refractivity contribution >= 4 is 54.3 Å². The summed E-state index contributed by atoms with van der Waals surface area (Å²) in [7, 11) is 0. The van der Waals surface area contributed by atoms with E-state index in [1.807, 2.05) is 54.6 Å². The van der Waals surface area contributed by atoms with Gasteiger partial charge in [0.25, 0.3) is 0 Å². The average Bonchev–Trinajstić information content (AvgIpc) is 3.60. The van der Waals surface area contributed by atoms with Gasteiger partial charge in [-0.1, -0.05) is 158 Å². The van der Waals surface area contributed by atoms with Crippen LogP contribution in [0.3, 0.4) is 0 Å². The summed E-state index contributed by atoms with van der Waals surface area (Å²) >= 11 is 0. The number of benzene rings is 9. The van der Waals surface area contributed by atoms with Crippen molar-refractivity contribution in [3.05, 3.63) is 182 Å². The van der Waals surface area contributed by atoms with Gasteiger partial charge in [0.15, 0.2) is 0 Å². The van der Waals surface area contributed by atoms with Crippen LogP contribution in [0, 0.1) is 0 Å². The number of fused-ring (bicyclic) bond motifs is 7. The Bertz CT molecular complexity index is 3080. The molecule has 0 bridgehead atoms. The van der Waals surface area contributed by atoms with Gasteiger partial charge in [-0.15, -0.1) is 0 Å². The number of rotatable bonds is 4. The van der Waals surface area contributed by atoms with Gasteiger partial charge in [-0.05, 0) is 95.7 Å². The second kappa shape index (κ2) is 11.1. The Morgan fingerprint density at radius 2 is 0.939 bits per heavy atom. The molecule has 0 aliphatic carbocycles. The van der Waals surface area contributed by atoms with Crippen LogP contribution in [0.5, 0.6) is 0 Å². The zero-order valence-corrected chi connectivity index (χ0v) is 26.3. The maximum absolute atomic E-state index is 8.81. The number of furan rings is 1. The minimum atomic E-state index is -0.405. The summed E-state index contributed by atoms with van der Waals surface area (Å²) in [4.78, 5) is 0. The summed E-state index contributed by atoms with van der Waals surface area (Å²) < 4.78 is 49.2. The van der Waals surface area contributed by atoms with E-state index in [1.54, 1.807) is 0 Å². The SMILES string of the molecule is [2H]c1c([2H])c([2H])c(-c2ccc(-c3c4ccccc4c(-c4ccc5c(c4)oc4c6ccccc6ccc54)c4ccccc34)cc2-c2ccccc2)c([2H])c1[2H]. The predicted octanol–water partition coefficient (Wildman–Crippen LogP) is 13.7. The van der Waals surface area contributed by atoms with E-state index in [0.717, 1.165) is 87.6 Å². The Labute approximate surface area is 291 Å². The minimum absolute atomic E-state index is 0.186. The van der Waals surface area contributed by atoms with Gasteiger partial charge in [0.2, 0.25) is 0 Å². The summed E-state index contributed by atoms with van der Waals surface area (Å²) in [5.41, 5.74) is 8.38. The first kappa shape index (κ1) is 23.0. The van der Waals surface area contributed by atoms with Crippen LogP contribution in [0.2, 0.25) is 0 Å². The number of hydrogen-bond acceptors (Lipinski definition) is 1. The topological polar surface area (TPSA) is 13.1 Å². The lowest BCUT2D eigenvalue weighted by Gasteiger charge is -2.19. The normalized spacial score (nSPS) is 13.1. The van der Waals surface area contributed by atoms with Gasteiger partial charge < -0.3 is 4.42 Å². The lowest BCUT2D eigenvalue weighted by Crippen LogP contribution is -1.92. The highest BCUT2D eigenvalue weighted by molar-refractivity contribution is 6.22. The first-order chi connectivity index (χ1) is 26.4. The molecular weight excluding hydrogens is 593 g/mol. The zero-order chi connectivity index (χ0) is 36.7. The first-order valence-electron chi connectivity index (χ1n) is 18.9. The molecule has 0 saturated carbocycles. The highest BCUT2D eigenvalue weighted by atomic mass is 16.3. The van der Waals surface area contributed by atoms with Crippen molar-refractivity contribution in [3.8, 4) is 44.5 Å². The van der Waals surface area contributed by atoms with Gasteiger partial charge in [0, 0.05) is 16.2 Å². The van der Waals surface area contributed by atoms with Crippen LogP contribution >= 0.6 is 0 Å². The van der Waals surface area contributed by atoms with E-state index < -0.39 is 6.04 Å². The molecule has 0 aliphatic rings. The quantitative estimate of drug-likeness (QED) is 0.177. The van der Waals surface area contributed by atoms with Gasteiger partial charge in [-0.2, -0.15) is 0 Å². The number of hydrogen-bond donors (Lipinski definition) is 0. The largest absolute Gasteiger partial charge is 0.455 e. The van der Waals surface area contributed by atoms with E-state index in [0.29, 0.717) is 5.56 Å². The molecule has 0 unspecified atom stereocenters. The van der Waals surface area contributed by atoms with E-state index in [-0.39, 0.29) is 29.7 Å². The molecule has 1 nitrogen and oxygen atoms in total. The molecule has 0 atom stereocenters. The molecule has 0 saturated heterocycles. The third-order valence-electron chi connectivity index (χ3n) is 9.75. The lowest BCUT2D eigenvalue weighted by atomic mass is 9.84. The van der Waals surface area contributed by atoms with Crippen LogP contribution in [0.25, 0.3) is 98.8 Å². The molecule has 0 fully saturated rings. The second-order valence-electron chi connectivity index (χ2n) is 12.4. The molecule has 0 amide bonds. The molecule has 0 N–H and O–H groups in total. The fourth-order valence-electron chi connectivity index (χ4n) is 7.57. The van der Waals surface area contributed by atoms with Gasteiger partial charge >= 0.3 is 0 Å². The zero-order valence-electron chi connectivity index (χ0n) is 31.3. The Hall–Kier alpha value is -6.44. The van der Waals surface area contributed by atoms with Crippen molar-refractivity contribution in [2.45, 2.75) is 0 Å². The summed E-state index contributed by atoms with van der Waals surface area (Å²) in [6.07, 6.45) is 0. The fraction of sp³-hybridized carbons (Fsp3) is 0. The van der Waals surface area contributed by atoms with Crippen molar-refractivity contribution in [3.63, 3.8) is 0 Å². The molecule has 0 radical (unpaired) electrons. The van der Waals surface area contributed by atoms with E-state index in [1.165, 1.54) is 0 Å². The van der Waals surface area contributed by atoms with Crippen LogP contribution in [0.4, 0.5) is 0 Å². The Morgan fingerprint density at radius 3 is 1.63 bits per heavy atom. The van der Waals surface area contributed by atoms with Gasteiger partial charge in [-0.25, -0.2) is 0 Å². The van der Waals surface area contributed by atoms with Crippen molar-refractivity contribution in [1.29, 1.82) is 0 Å². The average molecular weight is 628 g/mol. The molecule has 0 aliphatic heterocycles. The van der Waals surface area contributed by atoms with Crippen LogP contribution < -0.4 is 0 Å². The highest BCUT2D eigenvalue weighted by Crippen LogP contribution is 2.46. The Balaban J connectivity index is 1.23. The maximum atomic E-state index is 8.81. The molecule has 1 aromatic heterocycles.